The van der Waals surface area contributed by atoms with Gasteiger partial charge >= 0.3 is 0 Å². The average molecular weight is 305 g/mol. The Kier molecular flexibility index (Phi) is 4.38. The molecule has 0 unspecified atom stereocenters. The highest BCUT2D eigenvalue weighted by atomic mass is 32.2. The van der Waals surface area contributed by atoms with Crippen LogP contribution in [-0.2, 0) is 19.6 Å². The quantitative estimate of drug-likeness (QED) is 0.642. The minimum absolute atomic E-state index is 0.0443. The van der Waals surface area contributed by atoms with E-state index in [0.29, 0.717) is 39.3 Å². The third-order valence-electron chi connectivity index (χ3n) is 3.91. The molecule has 7 nitrogen and oxygen atoms in total. The molecule has 0 bridgehead atoms. The van der Waals surface area contributed by atoms with E-state index in [1.807, 2.05) is 14.0 Å². The molecule has 2 rings (SSSR count). The van der Waals surface area contributed by atoms with Crippen LogP contribution in [0.3, 0.4) is 0 Å². The smallest absolute Gasteiger partial charge is 0.255 e. The van der Waals surface area contributed by atoms with Crippen LogP contribution in [0.5, 0.6) is 0 Å². The first kappa shape index (κ1) is 15.7. The molecule has 1 amide bonds. The van der Waals surface area contributed by atoms with Crippen LogP contribution >= 0.6 is 0 Å². The van der Waals surface area contributed by atoms with Crippen molar-refractivity contribution in [2.45, 2.75) is 12.5 Å². The second-order valence-electron chi connectivity index (χ2n) is 5.77. The van der Waals surface area contributed by atoms with Gasteiger partial charge in [0.2, 0.25) is 10.0 Å². The average Bonchev–Trinajstić information content (AvgIpc) is 2.37. The van der Waals surface area contributed by atoms with Gasteiger partial charge in [0.05, 0.1) is 12.9 Å². The van der Waals surface area contributed by atoms with Crippen molar-refractivity contribution in [1.82, 2.24) is 14.1 Å². The molecule has 20 heavy (non-hydrogen) atoms. The predicted octanol–water partition coefficient (Wildman–Crippen LogP) is -1.19. The second-order valence-corrected chi connectivity index (χ2v) is 7.75. The Hall–Kier alpha value is -0.700. The van der Waals surface area contributed by atoms with Gasteiger partial charge in [0, 0.05) is 39.3 Å². The lowest BCUT2D eigenvalue weighted by Crippen LogP contribution is -2.61. The number of ether oxygens (including phenoxy) is 1. The molecular formula is C12H23N3O4S. The molecular weight excluding hydrogens is 282 g/mol. The number of rotatable bonds is 2. The van der Waals surface area contributed by atoms with E-state index in [0.717, 1.165) is 6.54 Å². The zero-order chi connectivity index (χ0) is 15.0. The van der Waals surface area contributed by atoms with E-state index in [2.05, 4.69) is 4.90 Å². The fraction of sp³-hybridized carbons (Fsp3) is 0.917. The van der Waals surface area contributed by atoms with Gasteiger partial charge in [-0.3, -0.25) is 4.79 Å². The van der Waals surface area contributed by atoms with Crippen molar-refractivity contribution < 1.29 is 17.9 Å². The highest BCUT2D eigenvalue weighted by Gasteiger charge is 2.42. The molecule has 1 atom stereocenters. The summed E-state index contributed by atoms with van der Waals surface area (Å²) >= 11 is 0. The van der Waals surface area contributed by atoms with Gasteiger partial charge in [-0.25, -0.2) is 8.42 Å². The van der Waals surface area contributed by atoms with Gasteiger partial charge in [-0.15, -0.1) is 0 Å². The molecule has 0 aliphatic carbocycles. The van der Waals surface area contributed by atoms with Crippen LogP contribution < -0.4 is 0 Å². The summed E-state index contributed by atoms with van der Waals surface area (Å²) in [6.45, 7) is 5.31. The van der Waals surface area contributed by atoms with Crippen molar-refractivity contribution in [2.24, 2.45) is 0 Å². The molecule has 2 aliphatic heterocycles. The van der Waals surface area contributed by atoms with Crippen LogP contribution in [0.25, 0.3) is 0 Å². The Morgan fingerprint density at radius 2 is 1.75 bits per heavy atom. The van der Waals surface area contributed by atoms with E-state index in [-0.39, 0.29) is 5.91 Å². The van der Waals surface area contributed by atoms with Gasteiger partial charge in [0.1, 0.15) is 0 Å². The first-order chi connectivity index (χ1) is 9.22. The van der Waals surface area contributed by atoms with E-state index in [9.17, 15) is 13.2 Å². The predicted molar refractivity (Wildman–Crippen MR) is 74.9 cm³/mol. The van der Waals surface area contributed by atoms with Crippen molar-refractivity contribution in [2.75, 3.05) is 59.2 Å². The molecule has 116 valence electrons. The molecule has 2 aliphatic rings. The van der Waals surface area contributed by atoms with Gasteiger partial charge in [-0.2, -0.15) is 4.31 Å². The summed E-state index contributed by atoms with van der Waals surface area (Å²) in [6.07, 6.45) is 1.20. The van der Waals surface area contributed by atoms with E-state index >= 15 is 0 Å². The monoisotopic (exact) mass is 305 g/mol. The van der Waals surface area contributed by atoms with Gasteiger partial charge in [0.25, 0.3) is 5.91 Å². The summed E-state index contributed by atoms with van der Waals surface area (Å²) in [6, 6.07) is 0. The Labute approximate surface area is 120 Å². The molecule has 2 fully saturated rings. The van der Waals surface area contributed by atoms with Crippen molar-refractivity contribution in [3.05, 3.63) is 0 Å². The van der Waals surface area contributed by atoms with Crippen LogP contribution in [0.15, 0.2) is 0 Å². The SMILES string of the molecule is CN1CCO[C@@](C)(C(=O)N2CCN(S(C)(=O)=O)CC2)C1. The Balaban J connectivity index is 1.98. The van der Waals surface area contributed by atoms with Crippen LogP contribution in [0.2, 0.25) is 0 Å². The first-order valence-corrected chi connectivity index (χ1v) is 8.64. The van der Waals surface area contributed by atoms with Gasteiger partial charge in [-0.1, -0.05) is 0 Å². The molecule has 0 N–H and O–H groups in total. The fourth-order valence-corrected chi connectivity index (χ4v) is 3.58. The Morgan fingerprint density at radius 3 is 2.25 bits per heavy atom. The highest BCUT2D eigenvalue weighted by Crippen LogP contribution is 2.21. The summed E-state index contributed by atoms with van der Waals surface area (Å²) in [5.74, 6) is -0.0443. The highest BCUT2D eigenvalue weighted by molar-refractivity contribution is 7.88. The normalized spacial score (nSPS) is 30.4. The maximum Gasteiger partial charge on any atom is 0.255 e. The van der Waals surface area contributed by atoms with E-state index in [1.54, 1.807) is 4.90 Å². The number of likely N-dealkylation sites (N-methyl/N-ethyl adjacent to an activating group) is 1. The van der Waals surface area contributed by atoms with Crippen LogP contribution in [-0.4, -0.2) is 93.2 Å². The number of sulfonamides is 1. The molecule has 0 aromatic carbocycles. The van der Waals surface area contributed by atoms with Gasteiger partial charge < -0.3 is 14.5 Å². The lowest BCUT2D eigenvalue weighted by atomic mass is 10.0. The van der Waals surface area contributed by atoms with Crippen LogP contribution in [0, 0.1) is 0 Å². The van der Waals surface area contributed by atoms with E-state index in [4.69, 9.17) is 4.74 Å². The minimum Gasteiger partial charge on any atom is -0.363 e. The van der Waals surface area contributed by atoms with Gasteiger partial charge in [0.15, 0.2) is 5.60 Å². The molecule has 2 heterocycles. The fourth-order valence-electron chi connectivity index (χ4n) is 2.75. The number of amides is 1. The number of piperazine rings is 1. The summed E-state index contributed by atoms with van der Waals surface area (Å²) < 4.78 is 30.0. The van der Waals surface area contributed by atoms with Crippen LogP contribution in [0.4, 0.5) is 0 Å². The first-order valence-electron chi connectivity index (χ1n) is 6.79. The standard InChI is InChI=1S/C12H23N3O4S/c1-12(10-13(2)8-9-19-12)11(16)14-4-6-15(7-5-14)20(3,17)18/h4-10H2,1-3H3/t12-/m1/s1. The second kappa shape index (κ2) is 5.59. The maximum atomic E-state index is 12.6. The molecule has 0 aromatic heterocycles. The summed E-state index contributed by atoms with van der Waals surface area (Å²) in [4.78, 5) is 16.4. The summed E-state index contributed by atoms with van der Waals surface area (Å²) in [7, 11) is -1.20. The third kappa shape index (κ3) is 3.30. The third-order valence-corrected chi connectivity index (χ3v) is 5.22. The number of morpholine rings is 1. The van der Waals surface area contributed by atoms with Crippen molar-refractivity contribution in [3.63, 3.8) is 0 Å². The summed E-state index contributed by atoms with van der Waals surface area (Å²) in [5.41, 5.74) is -0.819. The maximum absolute atomic E-state index is 12.6. The zero-order valence-corrected chi connectivity index (χ0v) is 13.1. The number of carbonyl (C=O) groups excluding carboxylic acids is 1. The Morgan fingerprint density at radius 1 is 1.15 bits per heavy atom. The molecule has 8 heteroatoms. The molecule has 0 spiro atoms. The number of hydrogen-bond acceptors (Lipinski definition) is 5. The molecule has 0 aromatic rings. The van der Waals surface area contributed by atoms with Crippen molar-refractivity contribution in [1.29, 1.82) is 0 Å². The molecule has 0 radical (unpaired) electrons. The minimum atomic E-state index is -3.17. The molecule has 0 saturated carbocycles. The molecule has 2 saturated heterocycles. The zero-order valence-electron chi connectivity index (χ0n) is 12.3. The lowest BCUT2D eigenvalue weighted by molar-refractivity contribution is -0.167. The van der Waals surface area contributed by atoms with Crippen molar-refractivity contribution >= 4 is 15.9 Å². The van der Waals surface area contributed by atoms with Crippen molar-refractivity contribution in [3.8, 4) is 0 Å². The Bertz CT molecular complexity index is 473. The lowest BCUT2D eigenvalue weighted by Gasteiger charge is -2.42. The summed E-state index contributed by atoms with van der Waals surface area (Å²) in [5, 5.41) is 0. The number of nitrogens with zero attached hydrogens (tertiary/aromatic N) is 3. The topological polar surface area (TPSA) is 70.2 Å². The van der Waals surface area contributed by atoms with Gasteiger partial charge in [-0.05, 0) is 14.0 Å². The van der Waals surface area contributed by atoms with E-state index < -0.39 is 15.6 Å². The van der Waals surface area contributed by atoms with Crippen LogP contribution in [0.1, 0.15) is 6.92 Å². The van der Waals surface area contributed by atoms with E-state index in [1.165, 1.54) is 10.6 Å². The number of carbonyl (C=O) groups is 1. The number of hydrogen-bond donors (Lipinski definition) is 0. The largest absolute Gasteiger partial charge is 0.363 e.